The van der Waals surface area contributed by atoms with Crippen LogP contribution in [0, 0.1) is 18.7 Å². The Morgan fingerprint density at radius 1 is 1.50 bits per heavy atom. The molecule has 100 valence electrons. The molecule has 1 rings (SSSR count). The van der Waals surface area contributed by atoms with Gasteiger partial charge in [0.15, 0.2) is 0 Å². The molecule has 1 aromatic carbocycles. The van der Waals surface area contributed by atoms with Crippen LogP contribution in [0.5, 0.6) is 0 Å². The lowest BCUT2D eigenvalue weighted by Gasteiger charge is -2.22. The molecular formula is C14H20FNO2. The molecule has 0 aliphatic carbocycles. The molecule has 3 nitrogen and oxygen atoms in total. The number of halogens is 1. The molecule has 0 aliphatic rings. The quantitative estimate of drug-likeness (QED) is 0.873. The molecule has 0 bridgehead atoms. The molecule has 1 aromatic rings. The number of amides is 1. The van der Waals surface area contributed by atoms with E-state index in [2.05, 4.69) is 0 Å². The van der Waals surface area contributed by atoms with Gasteiger partial charge in [-0.05, 0) is 30.5 Å². The van der Waals surface area contributed by atoms with Gasteiger partial charge >= 0.3 is 0 Å². The van der Waals surface area contributed by atoms with Crippen LogP contribution < -0.4 is 0 Å². The highest BCUT2D eigenvalue weighted by atomic mass is 19.1. The summed E-state index contributed by atoms with van der Waals surface area (Å²) in [5, 5.41) is 9.09. The van der Waals surface area contributed by atoms with Gasteiger partial charge in [0, 0.05) is 13.6 Å². The van der Waals surface area contributed by atoms with Crippen LogP contribution in [0.2, 0.25) is 0 Å². The number of aliphatic hydroxyl groups is 1. The molecule has 0 heterocycles. The van der Waals surface area contributed by atoms with E-state index in [9.17, 15) is 9.18 Å². The first-order valence-electron chi connectivity index (χ1n) is 6.10. The zero-order chi connectivity index (χ0) is 13.7. The number of aliphatic hydroxyl groups excluding tert-OH is 1. The maximum atomic E-state index is 13.1. The summed E-state index contributed by atoms with van der Waals surface area (Å²) in [5.74, 6) is -0.673. The van der Waals surface area contributed by atoms with Crippen LogP contribution in [0.1, 0.15) is 24.5 Å². The maximum absolute atomic E-state index is 13.1. The standard InChI is InChI=1S/C14H20FNO2/c1-4-12(9-17)14(18)16(3)8-11-5-6-13(15)10(2)7-11/h5-7,12,17H,4,8-9H2,1-3H3. The molecule has 1 atom stereocenters. The third-order valence-electron chi connectivity index (χ3n) is 3.08. The Labute approximate surface area is 107 Å². The first kappa shape index (κ1) is 14.6. The van der Waals surface area contributed by atoms with Gasteiger partial charge in [0.25, 0.3) is 0 Å². The average molecular weight is 253 g/mol. The lowest BCUT2D eigenvalue weighted by molar-refractivity contribution is -0.136. The fraction of sp³-hybridized carbons (Fsp3) is 0.500. The van der Waals surface area contributed by atoms with Crippen LogP contribution in [0.25, 0.3) is 0 Å². The van der Waals surface area contributed by atoms with Crippen molar-refractivity contribution in [2.45, 2.75) is 26.8 Å². The number of rotatable bonds is 5. The van der Waals surface area contributed by atoms with Gasteiger partial charge in [0.1, 0.15) is 5.82 Å². The second-order valence-corrected chi connectivity index (χ2v) is 4.57. The molecule has 1 amide bonds. The van der Waals surface area contributed by atoms with Crippen LogP contribution in [0.15, 0.2) is 18.2 Å². The number of nitrogens with zero attached hydrogens (tertiary/aromatic N) is 1. The lowest BCUT2D eigenvalue weighted by Crippen LogP contribution is -2.34. The van der Waals surface area contributed by atoms with Gasteiger partial charge < -0.3 is 10.0 Å². The number of hydrogen-bond acceptors (Lipinski definition) is 2. The van der Waals surface area contributed by atoms with Gasteiger partial charge in [-0.1, -0.05) is 19.1 Å². The van der Waals surface area contributed by atoms with E-state index in [0.717, 1.165) is 5.56 Å². The first-order chi connectivity index (χ1) is 8.49. The van der Waals surface area contributed by atoms with Gasteiger partial charge in [-0.15, -0.1) is 0 Å². The first-order valence-corrected chi connectivity index (χ1v) is 6.10. The van der Waals surface area contributed by atoms with E-state index in [1.807, 2.05) is 6.92 Å². The largest absolute Gasteiger partial charge is 0.396 e. The number of benzene rings is 1. The number of aryl methyl sites for hydroxylation is 1. The summed E-state index contributed by atoms with van der Waals surface area (Å²) in [5.41, 5.74) is 1.46. The molecule has 4 heteroatoms. The van der Waals surface area contributed by atoms with E-state index >= 15 is 0 Å². The van der Waals surface area contributed by atoms with Gasteiger partial charge in [-0.2, -0.15) is 0 Å². The van der Waals surface area contributed by atoms with Crippen molar-refractivity contribution in [3.63, 3.8) is 0 Å². The lowest BCUT2D eigenvalue weighted by atomic mass is 10.1. The van der Waals surface area contributed by atoms with Gasteiger partial charge in [-0.3, -0.25) is 4.79 Å². The molecule has 0 aliphatic heterocycles. The third-order valence-corrected chi connectivity index (χ3v) is 3.08. The zero-order valence-electron chi connectivity index (χ0n) is 11.1. The molecule has 0 radical (unpaired) electrons. The van der Waals surface area contributed by atoms with E-state index in [0.29, 0.717) is 18.5 Å². The molecular weight excluding hydrogens is 233 g/mol. The molecule has 0 saturated heterocycles. The van der Waals surface area contributed by atoms with E-state index in [1.165, 1.54) is 6.07 Å². The van der Waals surface area contributed by atoms with Crippen molar-refractivity contribution in [3.05, 3.63) is 35.1 Å². The normalized spacial score (nSPS) is 12.3. The summed E-state index contributed by atoms with van der Waals surface area (Å²) in [6.45, 7) is 3.86. The van der Waals surface area contributed by atoms with Gasteiger partial charge in [-0.25, -0.2) is 4.39 Å². The Kier molecular flexibility index (Phi) is 5.28. The maximum Gasteiger partial charge on any atom is 0.228 e. The molecule has 0 spiro atoms. The highest BCUT2D eigenvalue weighted by molar-refractivity contribution is 5.78. The Hall–Kier alpha value is -1.42. The van der Waals surface area contributed by atoms with Crippen LogP contribution in [-0.4, -0.2) is 29.6 Å². The third kappa shape index (κ3) is 3.53. The summed E-state index contributed by atoms with van der Waals surface area (Å²) in [7, 11) is 1.69. The van der Waals surface area contributed by atoms with Gasteiger partial charge in [0.2, 0.25) is 5.91 Å². The Bertz CT molecular complexity index is 416. The summed E-state index contributed by atoms with van der Waals surface area (Å²) < 4.78 is 13.1. The van der Waals surface area contributed by atoms with E-state index in [1.54, 1.807) is 31.0 Å². The van der Waals surface area contributed by atoms with Crippen LogP contribution in [-0.2, 0) is 11.3 Å². The van der Waals surface area contributed by atoms with Crippen molar-refractivity contribution in [2.75, 3.05) is 13.7 Å². The fourth-order valence-electron chi connectivity index (χ4n) is 1.85. The highest BCUT2D eigenvalue weighted by Crippen LogP contribution is 2.13. The molecule has 1 unspecified atom stereocenters. The molecule has 0 aromatic heterocycles. The molecule has 1 N–H and O–H groups in total. The van der Waals surface area contributed by atoms with Crippen LogP contribution in [0.3, 0.4) is 0 Å². The highest BCUT2D eigenvalue weighted by Gasteiger charge is 2.19. The topological polar surface area (TPSA) is 40.5 Å². The predicted octanol–water partition coefficient (Wildman–Crippen LogP) is 2.11. The molecule has 18 heavy (non-hydrogen) atoms. The molecule has 0 saturated carbocycles. The van der Waals surface area contributed by atoms with Gasteiger partial charge in [0.05, 0.1) is 12.5 Å². The number of carbonyl (C=O) groups is 1. The summed E-state index contributed by atoms with van der Waals surface area (Å²) >= 11 is 0. The fourth-order valence-corrected chi connectivity index (χ4v) is 1.85. The number of carbonyl (C=O) groups excluding carboxylic acids is 1. The minimum atomic E-state index is -0.350. The average Bonchev–Trinajstić information content (AvgIpc) is 2.35. The minimum Gasteiger partial charge on any atom is -0.396 e. The van der Waals surface area contributed by atoms with E-state index < -0.39 is 0 Å². The smallest absolute Gasteiger partial charge is 0.228 e. The second-order valence-electron chi connectivity index (χ2n) is 4.57. The SMILES string of the molecule is CCC(CO)C(=O)N(C)Cc1ccc(F)c(C)c1. The van der Waals surface area contributed by atoms with Crippen LogP contribution in [0.4, 0.5) is 4.39 Å². The zero-order valence-corrected chi connectivity index (χ0v) is 11.1. The summed E-state index contributed by atoms with van der Waals surface area (Å²) in [6.07, 6.45) is 0.613. The van der Waals surface area contributed by atoms with Crippen molar-refractivity contribution >= 4 is 5.91 Å². The molecule has 0 fully saturated rings. The Balaban J connectivity index is 2.71. The number of hydrogen-bond donors (Lipinski definition) is 1. The van der Waals surface area contributed by atoms with E-state index in [-0.39, 0.29) is 24.2 Å². The van der Waals surface area contributed by atoms with E-state index in [4.69, 9.17) is 5.11 Å². The minimum absolute atomic E-state index is 0.0815. The second kappa shape index (κ2) is 6.50. The Morgan fingerprint density at radius 2 is 2.17 bits per heavy atom. The van der Waals surface area contributed by atoms with Crippen molar-refractivity contribution in [2.24, 2.45) is 5.92 Å². The van der Waals surface area contributed by atoms with Crippen molar-refractivity contribution in [1.82, 2.24) is 4.90 Å². The predicted molar refractivity (Wildman–Crippen MR) is 68.5 cm³/mol. The summed E-state index contributed by atoms with van der Waals surface area (Å²) in [6, 6.07) is 4.82. The monoisotopic (exact) mass is 253 g/mol. The van der Waals surface area contributed by atoms with Crippen LogP contribution >= 0.6 is 0 Å². The van der Waals surface area contributed by atoms with Crippen molar-refractivity contribution in [1.29, 1.82) is 0 Å². The van der Waals surface area contributed by atoms with Crippen molar-refractivity contribution in [3.8, 4) is 0 Å². The van der Waals surface area contributed by atoms with Crippen molar-refractivity contribution < 1.29 is 14.3 Å². The summed E-state index contributed by atoms with van der Waals surface area (Å²) in [4.78, 5) is 13.5. The Morgan fingerprint density at radius 3 is 2.67 bits per heavy atom.